The molecule has 1 amide bonds. The van der Waals surface area contributed by atoms with Crippen LogP contribution in [0.2, 0.25) is 0 Å². The molecule has 4 rings (SSSR count). The number of anilines is 1. The first-order valence-corrected chi connectivity index (χ1v) is 11.4. The van der Waals surface area contributed by atoms with Crippen LogP contribution in [-0.4, -0.2) is 33.8 Å². The molecule has 0 fully saturated rings. The molecular formula is C23H23N3O5S. The van der Waals surface area contributed by atoms with Crippen LogP contribution < -0.4 is 11.0 Å². The van der Waals surface area contributed by atoms with E-state index in [2.05, 4.69) is 10.3 Å². The molecular weight excluding hydrogens is 430 g/mol. The minimum absolute atomic E-state index is 0.126. The Kier molecular flexibility index (Phi) is 6.75. The van der Waals surface area contributed by atoms with E-state index in [1.54, 1.807) is 48.1 Å². The predicted octanol–water partition coefficient (Wildman–Crippen LogP) is 3.28. The molecule has 166 valence electrons. The maximum absolute atomic E-state index is 12.7. The Balaban J connectivity index is 1.41. The number of carbonyl (C=O) groups is 2. The van der Waals surface area contributed by atoms with Gasteiger partial charge in [-0.15, -0.1) is 0 Å². The van der Waals surface area contributed by atoms with Gasteiger partial charge in [0.15, 0.2) is 0 Å². The van der Waals surface area contributed by atoms with Gasteiger partial charge in [-0.05, 0) is 62.6 Å². The van der Waals surface area contributed by atoms with E-state index < -0.39 is 5.97 Å². The molecule has 9 heteroatoms. The van der Waals surface area contributed by atoms with Gasteiger partial charge in [0.25, 0.3) is 0 Å². The van der Waals surface area contributed by atoms with Crippen LogP contribution in [0.3, 0.4) is 0 Å². The minimum atomic E-state index is -0.400. The fraction of sp³-hybridized carbons (Fsp3) is 0.304. The standard InChI is InChI=1S/C23H23N3O5S/c1-2-30-22(28)15-8-10-16(11-9-15)24-20(27)14-32-21-18-6-3-7-19(18)26(23(29)25-21)13-17-5-4-12-31-17/h4-5,8-12H,2-3,6-7,13-14H2,1H3,(H,24,27). The van der Waals surface area contributed by atoms with Gasteiger partial charge in [0, 0.05) is 16.9 Å². The Morgan fingerprint density at radius 3 is 2.75 bits per heavy atom. The highest BCUT2D eigenvalue weighted by Gasteiger charge is 2.23. The lowest BCUT2D eigenvalue weighted by molar-refractivity contribution is -0.113. The summed E-state index contributed by atoms with van der Waals surface area (Å²) in [5.74, 6) is 0.215. The number of hydrogen-bond acceptors (Lipinski definition) is 7. The second kappa shape index (κ2) is 9.86. The highest BCUT2D eigenvalue weighted by atomic mass is 32.2. The van der Waals surface area contributed by atoms with Crippen molar-refractivity contribution >= 4 is 29.3 Å². The van der Waals surface area contributed by atoms with Crippen molar-refractivity contribution in [3.8, 4) is 0 Å². The lowest BCUT2D eigenvalue weighted by Crippen LogP contribution is -2.28. The van der Waals surface area contributed by atoms with E-state index in [-0.39, 0.29) is 17.3 Å². The normalized spacial score (nSPS) is 12.4. The number of nitrogens with one attached hydrogen (secondary N) is 1. The maximum Gasteiger partial charge on any atom is 0.349 e. The summed E-state index contributed by atoms with van der Waals surface area (Å²) in [5, 5.41) is 3.42. The first kappa shape index (κ1) is 21.9. The van der Waals surface area contributed by atoms with Gasteiger partial charge in [-0.25, -0.2) is 9.59 Å². The summed E-state index contributed by atoms with van der Waals surface area (Å²) in [7, 11) is 0. The van der Waals surface area contributed by atoms with Crippen LogP contribution >= 0.6 is 11.8 Å². The third kappa shape index (κ3) is 4.94. The molecule has 0 saturated carbocycles. The number of hydrogen-bond donors (Lipinski definition) is 1. The van der Waals surface area contributed by atoms with Crippen LogP contribution in [0.15, 0.2) is 56.9 Å². The van der Waals surface area contributed by atoms with E-state index >= 15 is 0 Å². The predicted molar refractivity (Wildman–Crippen MR) is 120 cm³/mol. The quantitative estimate of drug-likeness (QED) is 0.317. The number of furan rings is 1. The first-order valence-electron chi connectivity index (χ1n) is 10.4. The lowest BCUT2D eigenvalue weighted by atomic mass is 10.2. The summed E-state index contributed by atoms with van der Waals surface area (Å²) < 4.78 is 12.0. The molecule has 0 unspecified atom stereocenters. The maximum atomic E-state index is 12.7. The number of ether oxygens (including phenoxy) is 1. The van der Waals surface area contributed by atoms with Crippen molar-refractivity contribution in [3.63, 3.8) is 0 Å². The molecule has 0 bridgehead atoms. The molecule has 1 aromatic carbocycles. The molecule has 1 aliphatic rings. The zero-order chi connectivity index (χ0) is 22.5. The largest absolute Gasteiger partial charge is 0.467 e. The molecule has 32 heavy (non-hydrogen) atoms. The van der Waals surface area contributed by atoms with E-state index in [4.69, 9.17) is 9.15 Å². The Morgan fingerprint density at radius 2 is 2.03 bits per heavy atom. The number of amides is 1. The summed E-state index contributed by atoms with van der Waals surface area (Å²) in [6, 6.07) is 10.1. The van der Waals surface area contributed by atoms with E-state index in [0.717, 1.165) is 30.5 Å². The Labute approximate surface area is 189 Å². The molecule has 0 radical (unpaired) electrons. The number of thioether (sulfide) groups is 1. The van der Waals surface area contributed by atoms with Gasteiger partial charge in [-0.2, -0.15) is 4.98 Å². The van der Waals surface area contributed by atoms with Gasteiger partial charge in [0.1, 0.15) is 10.8 Å². The summed E-state index contributed by atoms with van der Waals surface area (Å²) >= 11 is 1.26. The van der Waals surface area contributed by atoms with E-state index in [1.807, 2.05) is 6.07 Å². The van der Waals surface area contributed by atoms with Crippen LogP contribution in [0.5, 0.6) is 0 Å². The third-order valence-corrected chi connectivity index (χ3v) is 6.13. The number of fused-ring (bicyclic) bond motifs is 1. The molecule has 0 saturated heterocycles. The van der Waals surface area contributed by atoms with Crippen molar-refractivity contribution in [3.05, 3.63) is 75.7 Å². The fourth-order valence-electron chi connectivity index (χ4n) is 3.66. The van der Waals surface area contributed by atoms with Crippen molar-refractivity contribution in [2.45, 2.75) is 37.8 Å². The van der Waals surface area contributed by atoms with Gasteiger partial charge < -0.3 is 14.5 Å². The molecule has 8 nitrogen and oxygen atoms in total. The summed E-state index contributed by atoms with van der Waals surface area (Å²) in [6.07, 6.45) is 4.17. The number of aromatic nitrogens is 2. The number of esters is 1. The Bertz CT molecular complexity index is 1170. The number of benzene rings is 1. The van der Waals surface area contributed by atoms with Crippen molar-refractivity contribution < 1.29 is 18.7 Å². The van der Waals surface area contributed by atoms with E-state index in [1.165, 1.54) is 11.8 Å². The van der Waals surface area contributed by atoms with Gasteiger partial charge >= 0.3 is 11.7 Å². The topological polar surface area (TPSA) is 103 Å². The molecule has 0 atom stereocenters. The average Bonchev–Trinajstić information content (AvgIpc) is 3.47. The number of nitrogens with zero attached hydrogens (tertiary/aromatic N) is 2. The molecule has 0 aliphatic heterocycles. The molecule has 2 heterocycles. The van der Waals surface area contributed by atoms with Crippen LogP contribution in [0.1, 0.15) is 40.7 Å². The minimum Gasteiger partial charge on any atom is -0.467 e. The fourth-order valence-corrected chi connectivity index (χ4v) is 4.54. The molecule has 1 aliphatic carbocycles. The number of carbonyl (C=O) groups excluding carboxylic acids is 2. The van der Waals surface area contributed by atoms with Crippen LogP contribution in [-0.2, 0) is 28.9 Å². The van der Waals surface area contributed by atoms with Gasteiger partial charge in [0.2, 0.25) is 5.91 Å². The monoisotopic (exact) mass is 453 g/mol. The summed E-state index contributed by atoms with van der Waals surface area (Å²) in [5.41, 5.74) is 2.68. The first-order chi connectivity index (χ1) is 15.5. The van der Waals surface area contributed by atoms with Crippen molar-refractivity contribution in [2.75, 3.05) is 17.7 Å². The average molecular weight is 454 g/mol. The van der Waals surface area contributed by atoms with Gasteiger partial charge in [-0.1, -0.05) is 11.8 Å². The Hall–Kier alpha value is -3.33. The second-order valence-electron chi connectivity index (χ2n) is 7.28. The van der Waals surface area contributed by atoms with Crippen LogP contribution in [0.4, 0.5) is 5.69 Å². The summed E-state index contributed by atoms with van der Waals surface area (Å²) in [4.78, 5) is 41.0. The van der Waals surface area contributed by atoms with Crippen molar-refractivity contribution in [1.82, 2.24) is 9.55 Å². The van der Waals surface area contributed by atoms with Crippen molar-refractivity contribution in [2.24, 2.45) is 0 Å². The second-order valence-corrected chi connectivity index (χ2v) is 8.24. The van der Waals surface area contributed by atoms with E-state index in [0.29, 0.717) is 35.2 Å². The number of rotatable bonds is 8. The Morgan fingerprint density at radius 1 is 1.22 bits per heavy atom. The third-order valence-electron chi connectivity index (χ3n) is 5.11. The lowest BCUT2D eigenvalue weighted by Gasteiger charge is -2.13. The summed E-state index contributed by atoms with van der Waals surface area (Å²) in [6.45, 7) is 2.41. The van der Waals surface area contributed by atoms with E-state index in [9.17, 15) is 14.4 Å². The molecule has 1 N–H and O–H groups in total. The van der Waals surface area contributed by atoms with Gasteiger partial charge in [-0.3, -0.25) is 9.36 Å². The van der Waals surface area contributed by atoms with Gasteiger partial charge in [0.05, 0.1) is 30.7 Å². The SMILES string of the molecule is CCOC(=O)c1ccc(NC(=O)CSc2nc(=O)n(Cc3ccco3)c3c2CCC3)cc1. The smallest absolute Gasteiger partial charge is 0.349 e. The molecule has 2 aromatic heterocycles. The highest BCUT2D eigenvalue weighted by Crippen LogP contribution is 2.29. The van der Waals surface area contributed by atoms with Crippen LogP contribution in [0, 0.1) is 0 Å². The zero-order valence-electron chi connectivity index (χ0n) is 17.6. The highest BCUT2D eigenvalue weighted by molar-refractivity contribution is 8.00. The molecule has 3 aromatic rings. The van der Waals surface area contributed by atoms with Crippen LogP contribution in [0.25, 0.3) is 0 Å². The van der Waals surface area contributed by atoms with Crippen molar-refractivity contribution in [1.29, 1.82) is 0 Å². The molecule has 0 spiro atoms. The zero-order valence-corrected chi connectivity index (χ0v) is 18.4.